The van der Waals surface area contributed by atoms with Crippen molar-refractivity contribution in [2.75, 3.05) is 7.05 Å². The maximum absolute atomic E-state index is 12.4. The van der Waals surface area contributed by atoms with Crippen LogP contribution in [0.15, 0.2) is 53.4 Å². The number of likely N-dealkylation sites (tertiary alicyclic amines) is 1. The minimum absolute atomic E-state index is 0.0990. The van der Waals surface area contributed by atoms with Crippen LogP contribution in [0.3, 0.4) is 0 Å². The van der Waals surface area contributed by atoms with Gasteiger partial charge >= 0.3 is 0 Å². The van der Waals surface area contributed by atoms with Crippen molar-refractivity contribution in [1.29, 1.82) is 0 Å². The molecule has 1 amide bonds. The molecule has 4 aromatic rings. The molecule has 8 heteroatoms. The predicted molar refractivity (Wildman–Crippen MR) is 106 cm³/mol. The Morgan fingerprint density at radius 1 is 1.17 bits per heavy atom. The zero-order valence-electron chi connectivity index (χ0n) is 16.2. The molecule has 1 fully saturated rings. The highest BCUT2D eigenvalue weighted by molar-refractivity contribution is 5.92. The quantitative estimate of drug-likeness (QED) is 0.536. The van der Waals surface area contributed by atoms with E-state index in [2.05, 4.69) is 15.2 Å². The van der Waals surface area contributed by atoms with Crippen LogP contribution in [0, 0.1) is 0 Å². The van der Waals surface area contributed by atoms with Crippen LogP contribution in [-0.2, 0) is 11.8 Å². The van der Waals surface area contributed by atoms with E-state index in [-0.39, 0.29) is 17.9 Å². The van der Waals surface area contributed by atoms with E-state index in [0.717, 1.165) is 16.3 Å². The van der Waals surface area contributed by atoms with E-state index in [1.807, 2.05) is 50.6 Å². The highest BCUT2D eigenvalue weighted by Crippen LogP contribution is 2.42. The monoisotopic (exact) mass is 388 g/mol. The molecule has 8 nitrogen and oxygen atoms in total. The van der Waals surface area contributed by atoms with Gasteiger partial charge in [-0.05, 0) is 17.9 Å². The number of likely N-dealkylation sites (N-methyl/N-ethyl adjacent to an activating group) is 1. The SMILES string of the molecule is CN1C(=O)CC[C@H](c2nc(-c3nccc4ccccc34)no2)[C@H]1c1cnn(C)c1. The number of hydrogen-bond acceptors (Lipinski definition) is 6. The first-order valence-corrected chi connectivity index (χ1v) is 9.54. The maximum Gasteiger partial charge on any atom is 0.232 e. The van der Waals surface area contributed by atoms with E-state index in [0.29, 0.717) is 30.3 Å². The highest BCUT2D eigenvalue weighted by atomic mass is 16.5. The summed E-state index contributed by atoms with van der Waals surface area (Å²) in [5, 5.41) is 10.5. The summed E-state index contributed by atoms with van der Waals surface area (Å²) in [6.45, 7) is 0. The van der Waals surface area contributed by atoms with E-state index >= 15 is 0 Å². The van der Waals surface area contributed by atoms with Crippen LogP contribution in [0.25, 0.3) is 22.3 Å². The van der Waals surface area contributed by atoms with Gasteiger partial charge in [-0.15, -0.1) is 0 Å². The molecule has 0 aliphatic carbocycles. The number of pyridine rings is 1. The van der Waals surface area contributed by atoms with Gasteiger partial charge < -0.3 is 9.42 Å². The van der Waals surface area contributed by atoms with Gasteiger partial charge in [-0.25, -0.2) is 0 Å². The Balaban J connectivity index is 1.55. The largest absolute Gasteiger partial charge is 0.339 e. The fraction of sp³-hybridized carbons (Fsp3) is 0.286. The van der Waals surface area contributed by atoms with Crippen molar-refractivity contribution in [2.45, 2.75) is 24.8 Å². The Morgan fingerprint density at radius 2 is 2.03 bits per heavy atom. The average Bonchev–Trinajstić information content (AvgIpc) is 3.39. The topological polar surface area (TPSA) is 89.9 Å². The standard InChI is InChI=1S/C21H20N6O2/c1-26-12-14(11-23-26)19-16(7-8-17(28)27(19)2)21-24-20(25-29-21)18-15-6-4-3-5-13(15)9-10-22-18/h3-6,9-12,16,19H,7-8H2,1-2H3/t16-,19+/m0/s1. The molecular formula is C21H20N6O2. The van der Waals surface area contributed by atoms with E-state index in [4.69, 9.17) is 9.51 Å². The molecule has 29 heavy (non-hydrogen) atoms. The number of rotatable bonds is 3. The number of nitrogens with zero attached hydrogens (tertiary/aromatic N) is 6. The summed E-state index contributed by atoms with van der Waals surface area (Å²) in [5.74, 6) is 0.980. The van der Waals surface area contributed by atoms with Gasteiger partial charge in [0, 0.05) is 43.9 Å². The van der Waals surface area contributed by atoms with Gasteiger partial charge in [0.2, 0.25) is 17.6 Å². The Bertz CT molecular complexity index is 1190. The van der Waals surface area contributed by atoms with Crippen molar-refractivity contribution < 1.29 is 9.32 Å². The summed E-state index contributed by atoms with van der Waals surface area (Å²) in [5.41, 5.74) is 1.65. The lowest BCUT2D eigenvalue weighted by Crippen LogP contribution is -2.39. The van der Waals surface area contributed by atoms with Gasteiger partial charge in [0.25, 0.3) is 0 Å². The summed E-state index contributed by atoms with van der Waals surface area (Å²) in [4.78, 5) is 23.3. The van der Waals surface area contributed by atoms with Gasteiger partial charge in [0.15, 0.2) is 0 Å². The minimum Gasteiger partial charge on any atom is -0.339 e. The molecular weight excluding hydrogens is 368 g/mol. The number of aromatic nitrogens is 5. The molecule has 146 valence electrons. The van der Waals surface area contributed by atoms with Gasteiger partial charge in [-0.1, -0.05) is 29.4 Å². The van der Waals surface area contributed by atoms with Crippen LogP contribution in [0.1, 0.15) is 36.3 Å². The normalized spacial score (nSPS) is 19.8. The Labute approximate surface area is 167 Å². The van der Waals surface area contributed by atoms with E-state index in [9.17, 15) is 4.79 Å². The first-order valence-electron chi connectivity index (χ1n) is 9.54. The molecule has 0 spiro atoms. The Morgan fingerprint density at radius 3 is 2.86 bits per heavy atom. The van der Waals surface area contributed by atoms with Crippen LogP contribution >= 0.6 is 0 Å². The van der Waals surface area contributed by atoms with Crippen LogP contribution in [0.5, 0.6) is 0 Å². The molecule has 0 bridgehead atoms. The summed E-state index contributed by atoms with van der Waals surface area (Å²) in [6, 6.07) is 9.75. The number of piperidine rings is 1. The third-order valence-electron chi connectivity index (χ3n) is 5.57. The summed E-state index contributed by atoms with van der Waals surface area (Å²) in [7, 11) is 3.68. The molecule has 4 heterocycles. The van der Waals surface area contributed by atoms with E-state index in [1.54, 1.807) is 22.0 Å². The van der Waals surface area contributed by atoms with Crippen molar-refractivity contribution in [3.8, 4) is 11.5 Å². The van der Waals surface area contributed by atoms with Crippen molar-refractivity contribution in [2.24, 2.45) is 7.05 Å². The van der Waals surface area contributed by atoms with Crippen molar-refractivity contribution in [1.82, 2.24) is 29.8 Å². The van der Waals surface area contributed by atoms with Crippen LogP contribution in [0.2, 0.25) is 0 Å². The first kappa shape index (κ1) is 17.5. The Hall–Kier alpha value is -3.55. The molecule has 1 aliphatic heterocycles. The molecule has 2 atom stereocenters. The lowest BCUT2D eigenvalue weighted by atomic mass is 9.85. The highest BCUT2D eigenvalue weighted by Gasteiger charge is 2.39. The molecule has 5 rings (SSSR count). The number of aryl methyl sites for hydroxylation is 1. The number of hydrogen-bond donors (Lipinski definition) is 0. The summed E-state index contributed by atoms with van der Waals surface area (Å²) >= 11 is 0. The van der Waals surface area contributed by atoms with Crippen LogP contribution < -0.4 is 0 Å². The summed E-state index contributed by atoms with van der Waals surface area (Å²) < 4.78 is 7.42. The second-order valence-corrected chi connectivity index (χ2v) is 7.38. The number of amides is 1. The van der Waals surface area contributed by atoms with Crippen molar-refractivity contribution in [3.05, 3.63) is 60.4 Å². The fourth-order valence-electron chi connectivity index (χ4n) is 4.13. The van der Waals surface area contributed by atoms with Crippen molar-refractivity contribution >= 4 is 16.7 Å². The van der Waals surface area contributed by atoms with E-state index in [1.165, 1.54) is 0 Å². The van der Waals surface area contributed by atoms with E-state index < -0.39 is 0 Å². The van der Waals surface area contributed by atoms with Crippen molar-refractivity contribution in [3.63, 3.8) is 0 Å². The third kappa shape index (κ3) is 2.97. The second kappa shape index (κ2) is 6.80. The molecule has 3 aromatic heterocycles. The average molecular weight is 388 g/mol. The second-order valence-electron chi connectivity index (χ2n) is 7.38. The maximum atomic E-state index is 12.4. The molecule has 0 saturated carbocycles. The smallest absolute Gasteiger partial charge is 0.232 e. The number of carbonyl (C=O) groups excluding carboxylic acids is 1. The van der Waals surface area contributed by atoms with Gasteiger partial charge in [0.05, 0.1) is 18.2 Å². The molecule has 1 aliphatic rings. The van der Waals surface area contributed by atoms with Crippen LogP contribution in [0.4, 0.5) is 0 Å². The minimum atomic E-state index is -0.196. The fourth-order valence-corrected chi connectivity index (χ4v) is 4.13. The van der Waals surface area contributed by atoms with Gasteiger partial charge in [0.1, 0.15) is 5.69 Å². The lowest BCUT2D eigenvalue weighted by molar-refractivity contribution is -0.135. The Kier molecular flexibility index (Phi) is 4.12. The summed E-state index contributed by atoms with van der Waals surface area (Å²) in [6.07, 6.45) is 6.56. The number of benzene rings is 1. The zero-order chi connectivity index (χ0) is 20.0. The molecule has 1 saturated heterocycles. The lowest BCUT2D eigenvalue weighted by Gasteiger charge is -2.36. The van der Waals surface area contributed by atoms with Gasteiger partial charge in [-0.3, -0.25) is 14.5 Å². The molecule has 0 unspecified atom stereocenters. The molecule has 0 radical (unpaired) electrons. The van der Waals surface area contributed by atoms with Gasteiger partial charge in [-0.2, -0.15) is 10.1 Å². The predicted octanol–water partition coefficient (Wildman–Crippen LogP) is 3.10. The number of carbonyl (C=O) groups is 1. The third-order valence-corrected chi connectivity index (χ3v) is 5.57. The van der Waals surface area contributed by atoms with Crippen LogP contribution in [-0.4, -0.2) is 42.8 Å². The first-order chi connectivity index (χ1) is 14.1. The number of fused-ring (bicyclic) bond motifs is 1. The zero-order valence-corrected chi connectivity index (χ0v) is 16.2. The molecule has 1 aromatic carbocycles. The molecule has 0 N–H and O–H groups in total.